The number of amides is 1. The van der Waals surface area contributed by atoms with Crippen molar-refractivity contribution in [1.29, 1.82) is 0 Å². The van der Waals surface area contributed by atoms with Crippen molar-refractivity contribution in [2.45, 2.75) is 31.3 Å². The molecule has 1 aliphatic rings. The lowest BCUT2D eigenvalue weighted by Crippen LogP contribution is -2.33. The van der Waals surface area contributed by atoms with Gasteiger partial charge in [0.05, 0.1) is 23.6 Å². The summed E-state index contributed by atoms with van der Waals surface area (Å²) in [6, 6.07) is 6.08. The van der Waals surface area contributed by atoms with E-state index in [1.165, 1.54) is 18.3 Å². The molecule has 1 saturated heterocycles. The zero-order valence-corrected chi connectivity index (χ0v) is 13.9. The van der Waals surface area contributed by atoms with Crippen LogP contribution < -0.4 is 5.32 Å². The minimum absolute atomic E-state index is 0.0910. The summed E-state index contributed by atoms with van der Waals surface area (Å²) >= 11 is 0. The molecule has 7 heteroatoms. The van der Waals surface area contributed by atoms with E-state index in [-0.39, 0.29) is 30.6 Å². The van der Waals surface area contributed by atoms with Gasteiger partial charge in [-0.15, -0.1) is 0 Å². The van der Waals surface area contributed by atoms with Gasteiger partial charge in [-0.25, -0.2) is 4.39 Å². The van der Waals surface area contributed by atoms with Crippen molar-refractivity contribution in [1.82, 2.24) is 15.5 Å². The number of hydrogen-bond acceptors (Lipinski definition) is 4. The number of aromatic amines is 1. The first-order chi connectivity index (χ1) is 12.1. The molecule has 25 heavy (non-hydrogen) atoms. The second-order valence-corrected chi connectivity index (χ2v) is 6.28. The Labute approximate surface area is 145 Å². The Bertz CT molecular complexity index is 713. The highest BCUT2D eigenvalue weighted by Crippen LogP contribution is 2.27. The van der Waals surface area contributed by atoms with Crippen LogP contribution in [0, 0.1) is 5.82 Å². The Morgan fingerprint density at radius 3 is 3.00 bits per heavy atom. The van der Waals surface area contributed by atoms with Crippen molar-refractivity contribution in [3.63, 3.8) is 0 Å². The van der Waals surface area contributed by atoms with Crippen molar-refractivity contribution < 1.29 is 19.0 Å². The van der Waals surface area contributed by atoms with E-state index in [1.54, 1.807) is 12.1 Å². The summed E-state index contributed by atoms with van der Waals surface area (Å²) < 4.78 is 18.5. The molecular weight excluding hydrogens is 325 g/mol. The Kier molecular flexibility index (Phi) is 5.78. The molecule has 3 N–H and O–H groups in total. The van der Waals surface area contributed by atoms with Crippen molar-refractivity contribution >= 4 is 5.91 Å². The highest BCUT2D eigenvalue weighted by atomic mass is 19.1. The number of ether oxygens (including phenoxy) is 1. The van der Waals surface area contributed by atoms with E-state index in [4.69, 9.17) is 4.74 Å². The highest BCUT2D eigenvalue weighted by Gasteiger charge is 2.24. The lowest BCUT2D eigenvalue weighted by Gasteiger charge is -2.21. The maximum Gasteiger partial charge on any atom is 0.254 e. The third kappa shape index (κ3) is 4.64. The lowest BCUT2D eigenvalue weighted by atomic mass is 9.94. The Morgan fingerprint density at radius 2 is 2.24 bits per heavy atom. The third-order valence-electron chi connectivity index (χ3n) is 4.40. The molecule has 2 aromatic rings. The number of carbonyl (C=O) groups excluding carboxylic acids is 1. The second-order valence-electron chi connectivity index (χ2n) is 6.28. The van der Waals surface area contributed by atoms with Crippen molar-refractivity contribution in [3.05, 3.63) is 53.1 Å². The van der Waals surface area contributed by atoms with E-state index >= 15 is 0 Å². The van der Waals surface area contributed by atoms with Gasteiger partial charge in [-0.1, -0.05) is 12.1 Å². The van der Waals surface area contributed by atoms with Gasteiger partial charge in [-0.2, -0.15) is 5.10 Å². The van der Waals surface area contributed by atoms with E-state index in [2.05, 4.69) is 15.5 Å². The molecule has 1 fully saturated rings. The molecule has 2 heterocycles. The Balaban J connectivity index is 1.55. The minimum atomic E-state index is -0.788. The minimum Gasteiger partial charge on any atom is -0.391 e. The molecule has 1 aromatic carbocycles. The van der Waals surface area contributed by atoms with Gasteiger partial charge in [-0.3, -0.25) is 9.89 Å². The van der Waals surface area contributed by atoms with Gasteiger partial charge in [0.25, 0.3) is 5.91 Å². The van der Waals surface area contributed by atoms with E-state index in [9.17, 15) is 14.3 Å². The fraction of sp³-hybridized carbons (Fsp3) is 0.444. The highest BCUT2D eigenvalue weighted by molar-refractivity contribution is 5.95. The predicted molar refractivity (Wildman–Crippen MR) is 89.8 cm³/mol. The number of rotatable bonds is 6. The Hall–Kier alpha value is -2.25. The number of aliphatic hydroxyl groups excluding tert-OH is 1. The average Bonchev–Trinajstić information content (AvgIpc) is 3.10. The number of benzene rings is 1. The SMILES string of the molecule is O=C(NCC(O)Cc1cccc(F)c1)c1cn[nH]c1C1CCOCC1. The summed E-state index contributed by atoms with van der Waals surface area (Å²) in [6.07, 6.45) is 2.70. The maximum atomic E-state index is 13.2. The molecule has 1 amide bonds. The maximum absolute atomic E-state index is 13.2. The van der Waals surface area contributed by atoms with Gasteiger partial charge in [-0.05, 0) is 30.5 Å². The monoisotopic (exact) mass is 347 g/mol. The molecule has 0 bridgehead atoms. The summed E-state index contributed by atoms with van der Waals surface area (Å²) in [5.41, 5.74) is 2.01. The van der Waals surface area contributed by atoms with Crippen LogP contribution in [-0.4, -0.2) is 47.1 Å². The van der Waals surface area contributed by atoms with E-state index in [1.807, 2.05) is 0 Å². The van der Waals surface area contributed by atoms with Gasteiger partial charge in [0.2, 0.25) is 0 Å². The van der Waals surface area contributed by atoms with Crippen LogP contribution in [0.2, 0.25) is 0 Å². The number of aromatic nitrogens is 2. The molecule has 1 aliphatic heterocycles. The summed E-state index contributed by atoms with van der Waals surface area (Å²) in [5.74, 6) is -0.379. The van der Waals surface area contributed by atoms with Gasteiger partial charge >= 0.3 is 0 Å². The number of nitrogens with one attached hydrogen (secondary N) is 2. The van der Waals surface area contributed by atoms with Crippen LogP contribution in [0.4, 0.5) is 4.39 Å². The number of carbonyl (C=O) groups is 1. The van der Waals surface area contributed by atoms with Crippen LogP contribution in [0.15, 0.2) is 30.5 Å². The summed E-state index contributed by atoms with van der Waals surface area (Å²) in [6.45, 7) is 1.45. The first-order valence-electron chi connectivity index (χ1n) is 8.45. The first-order valence-corrected chi connectivity index (χ1v) is 8.45. The lowest BCUT2D eigenvalue weighted by molar-refractivity contribution is 0.0829. The molecule has 0 aliphatic carbocycles. The number of aliphatic hydroxyl groups is 1. The molecule has 3 rings (SSSR count). The fourth-order valence-corrected chi connectivity index (χ4v) is 3.09. The standard InChI is InChI=1S/C18H22FN3O3/c19-14-3-1-2-12(8-14)9-15(23)10-20-18(24)16-11-21-22-17(16)13-4-6-25-7-5-13/h1-3,8,11,13,15,23H,4-7,9-10H2,(H,20,24)(H,21,22). The van der Waals surface area contributed by atoms with Crippen LogP contribution in [0.1, 0.15) is 40.4 Å². The topological polar surface area (TPSA) is 87.2 Å². The van der Waals surface area contributed by atoms with Crippen LogP contribution in [0.5, 0.6) is 0 Å². The summed E-state index contributed by atoms with van der Waals surface area (Å²) in [7, 11) is 0. The molecule has 1 aromatic heterocycles. The molecule has 0 saturated carbocycles. The van der Waals surface area contributed by atoms with Crippen LogP contribution >= 0.6 is 0 Å². The van der Waals surface area contributed by atoms with Crippen LogP contribution in [0.25, 0.3) is 0 Å². The molecule has 6 nitrogen and oxygen atoms in total. The van der Waals surface area contributed by atoms with E-state index in [0.29, 0.717) is 24.3 Å². The molecule has 134 valence electrons. The largest absolute Gasteiger partial charge is 0.391 e. The molecule has 0 spiro atoms. The van der Waals surface area contributed by atoms with Gasteiger partial charge in [0.15, 0.2) is 0 Å². The molecule has 1 atom stereocenters. The number of nitrogens with zero attached hydrogens (tertiary/aromatic N) is 1. The zero-order valence-electron chi connectivity index (χ0n) is 13.9. The average molecular weight is 347 g/mol. The fourth-order valence-electron chi connectivity index (χ4n) is 3.09. The number of hydrogen-bond donors (Lipinski definition) is 3. The van der Waals surface area contributed by atoms with Crippen molar-refractivity contribution in [2.75, 3.05) is 19.8 Å². The molecule has 1 unspecified atom stereocenters. The van der Waals surface area contributed by atoms with Crippen molar-refractivity contribution in [2.24, 2.45) is 0 Å². The van der Waals surface area contributed by atoms with Crippen LogP contribution in [0.3, 0.4) is 0 Å². The predicted octanol–water partition coefficient (Wildman–Crippen LogP) is 1.78. The second kappa shape index (κ2) is 8.22. The normalized spacial score (nSPS) is 16.6. The first kappa shape index (κ1) is 17.6. The Morgan fingerprint density at radius 1 is 1.44 bits per heavy atom. The van der Waals surface area contributed by atoms with E-state index in [0.717, 1.165) is 18.5 Å². The quantitative estimate of drug-likeness (QED) is 0.743. The van der Waals surface area contributed by atoms with E-state index < -0.39 is 6.10 Å². The van der Waals surface area contributed by atoms with Gasteiger partial charge < -0.3 is 15.2 Å². The van der Waals surface area contributed by atoms with Crippen molar-refractivity contribution in [3.8, 4) is 0 Å². The number of halogens is 1. The summed E-state index contributed by atoms with van der Waals surface area (Å²) in [4.78, 5) is 12.4. The third-order valence-corrected chi connectivity index (χ3v) is 4.40. The zero-order chi connectivity index (χ0) is 17.6. The van der Waals surface area contributed by atoms with Gasteiger partial charge in [0.1, 0.15) is 5.82 Å². The van der Waals surface area contributed by atoms with Crippen LogP contribution in [-0.2, 0) is 11.2 Å². The van der Waals surface area contributed by atoms with Gasteiger partial charge in [0, 0.05) is 32.1 Å². The molecular formula is C18H22FN3O3. The molecule has 0 radical (unpaired) electrons. The smallest absolute Gasteiger partial charge is 0.254 e. The number of H-pyrrole nitrogens is 1. The summed E-state index contributed by atoms with van der Waals surface area (Å²) in [5, 5.41) is 19.7.